The fourth-order valence-electron chi connectivity index (χ4n) is 3.15. The number of imidazole rings is 1. The second kappa shape index (κ2) is 3.39. The summed E-state index contributed by atoms with van der Waals surface area (Å²) < 4.78 is 2.16. The maximum atomic E-state index is 4.56. The summed E-state index contributed by atoms with van der Waals surface area (Å²) in [6.07, 6.45) is 3.89. The molecule has 3 heterocycles. The minimum atomic E-state index is 1.01. The fraction of sp³-hybridized carbons (Fsp3) is 0. The van der Waals surface area contributed by atoms with E-state index in [9.17, 15) is 0 Å². The number of aromatic nitrogens is 3. The summed E-state index contributed by atoms with van der Waals surface area (Å²) in [6.45, 7) is 0. The van der Waals surface area contributed by atoms with Gasteiger partial charge in [-0.05, 0) is 12.1 Å². The van der Waals surface area contributed by atoms with Gasteiger partial charge in [0.2, 0.25) is 0 Å². The molecule has 0 saturated carbocycles. The van der Waals surface area contributed by atoms with Crippen molar-refractivity contribution in [2.24, 2.45) is 0 Å². The number of rotatable bonds is 0. The summed E-state index contributed by atoms with van der Waals surface area (Å²) in [5, 5.41) is 3.65. The average Bonchev–Trinajstić information content (AvgIpc) is 3.11. The summed E-state index contributed by atoms with van der Waals surface area (Å²) in [7, 11) is 0. The van der Waals surface area contributed by atoms with Crippen molar-refractivity contribution in [3.8, 4) is 0 Å². The second-order valence-electron chi connectivity index (χ2n) is 5.06. The maximum Gasteiger partial charge on any atom is 0.147 e. The molecule has 0 atom stereocenters. The van der Waals surface area contributed by atoms with Crippen LogP contribution in [0.15, 0.2) is 60.9 Å². The van der Waals surface area contributed by atoms with E-state index in [4.69, 9.17) is 0 Å². The van der Waals surface area contributed by atoms with Crippen LogP contribution in [0.2, 0.25) is 0 Å². The maximum absolute atomic E-state index is 4.56. The van der Waals surface area contributed by atoms with Crippen molar-refractivity contribution >= 4 is 38.4 Å². The molecule has 3 aromatic heterocycles. The fourth-order valence-corrected chi connectivity index (χ4v) is 3.15. The predicted molar refractivity (Wildman–Crippen MR) is 82.1 cm³/mol. The minimum Gasteiger partial charge on any atom is -0.354 e. The number of fused-ring (bicyclic) bond motifs is 8. The number of para-hydroxylation sites is 2. The van der Waals surface area contributed by atoms with Gasteiger partial charge in [0, 0.05) is 28.7 Å². The van der Waals surface area contributed by atoms with Gasteiger partial charge < -0.3 is 4.98 Å². The van der Waals surface area contributed by atoms with E-state index in [0.29, 0.717) is 0 Å². The average molecular weight is 257 g/mol. The molecule has 0 fully saturated rings. The van der Waals surface area contributed by atoms with Crippen LogP contribution in [0.3, 0.4) is 0 Å². The van der Waals surface area contributed by atoms with E-state index in [1.807, 2.05) is 12.4 Å². The Labute approximate surface area is 114 Å². The Morgan fingerprint density at radius 2 is 1.70 bits per heavy atom. The van der Waals surface area contributed by atoms with Gasteiger partial charge in [0.15, 0.2) is 0 Å². The molecule has 0 unspecified atom stereocenters. The number of nitrogens with zero attached hydrogens (tertiary/aromatic N) is 2. The van der Waals surface area contributed by atoms with Gasteiger partial charge in [-0.2, -0.15) is 0 Å². The normalized spacial score (nSPS) is 12.0. The number of H-pyrrole nitrogens is 1. The van der Waals surface area contributed by atoms with Crippen LogP contribution in [0.4, 0.5) is 0 Å². The zero-order chi connectivity index (χ0) is 13.1. The first kappa shape index (κ1) is 10.0. The van der Waals surface area contributed by atoms with E-state index in [2.05, 4.69) is 62.9 Å². The number of aromatic amines is 1. The van der Waals surface area contributed by atoms with Crippen LogP contribution in [0, 0.1) is 0 Å². The summed E-state index contributed by atoms with van der Waals surface area (Å²) >= 11 is 0. The molecule has 20 heavy (non-hydrogen) atoms. The third-order valence-corrected chi connectivity index (χ3v) is 4.00. The second-order valence-corrected chi connectivity index (χ2v) is 5.06. The van der Waals surface area contributed by atoms with Gasteiger partial charge in [-0.15, -0.1) is 0 Å². The predicted octanol–water partition coefficient (Wildman–Crippen LogP) is 4.12. The zero-order valence-corrected chi connectivity index (χ0v) is 10.7. The van der Waals surface area contributed by atoms with Crippen LogP contribution in [-0.4, -0.2) is 14.4 Å². The Balaban J connectivity index is 2.26. The van der Waals surface area contributed by atoms with Gasteiger partial charge in [0.1, 0.15) is 5.65 Å². The van der Waals surface area contributed by atoms with E-state index in [-0.39, 0.29) is 0 Å². The molecule has 94 valence electrons. The van der Waals surface area contributed by atoms with Crippen molar-refractivity contribution in [3.63, 3.8) is 0 Å². The SMILES string of the molecule is c1ccc2c(c1)[nH]c1c3ccccc3n3ccnc3c21. The molecule has 5 rings (SSSR count). The highest BCUT2D eigenvalue weighted by Gasteiger charge is 2.13. The van der Waals surface area contributed by atoms with Gasteiger partial charge in [-0.1, -0.05) is 36.4 Å². The van der Waals surface area contributed by atoms with Crippen molar-refractivity contribution in [1.29, 1.82) is 0 Å². The molecule has 2 aromatic carbocycles. The van der Waals surface area contributed by atoms with Gasteiger partial charge in [-0.25, -0.2) is 4.98 Å². The number of benzene rings is 2. The number of hydrogen-bond acceptors (Lipinski definition) is 1. The van der Waals surface area contributed by atoms with Crippen molar-refractivity contribution in [1.82, 2.24) is 14.4 Å². The topological polar surface area (TPSA) is 33.1 Å². The smallest absolute Gasteiger partial charge is 0.147 e. The third-order valence-electron chi connectivity index (χ3n) is 4.00. The standard InChI is InChI=1S/C17H11N3/c1-3-7-13-11(5-1)15-16(19-13)12-6-2-4-8-14(12)20-10-9-18-17(15)20/h1-10,19H. The first-order chi connectivity index (χ1) is 9.93. The monoisotopic (exact) mass is 257 g/mol. The molecule has 0 saturated heterocycles. The number of hydrogen-bond donors (Lipinski definition) is 1. The van der Waals surface area contributed by atoms with Crippen LogP contribution in [0.25, 0.3) is 38.4 Å². The molecule has 0 spiro atoms. The van der Waals surface area contributed by atoms with Crippen molar-refractivity contribution < 1.29 is 0 Å². The van der Waals surface area contributed by atoms with E-state index in [1.165, 1.54) is 27.2 Å². The summed E-state index contributed by atoms with van der Waals surface area (Å²) in [5.74, 6) is 0. The molecule has 0 radical (unpaired) electrons. The van der Waals surface area contributed by atoms with Gasteiger partial charge in [-0.3, -0.25) is 4.40 Å². The lowest BCUT2D eigenvalue weighted by atomic mass is 10.1. The highest BCUT2D eigenvalue weighted by atomic mass is 15.0. The van der Waals surface area contributed by atoms with E-state index in [1.54, 1.807) is 0 Å². The molecule has 3 nitrogen and oxygen atoms in total. The Bertz CT molecular complexity index is 1100. The molecule has 0 bridgehead atoms. The quantitative estimate of drug-likeness (QED) is 0.444. The molecule has 5 aromatic rings. The molecule has 1 N–H and O–H groups in total. The minimum absolute atomic E-state index is 1.01. The lowest BCUT2D eigenvalue weighted by Crippen LogP contribution is -1.88. The molecule has 0 aliphatic rings. The first-order valence-electron chi connectivity index (χ1n) is 6.68. The highest BCUT2D eigenvalue weighted by Crippen LogP contribution is 2.33. The van der Waals surface area contributed by atoms with Gasteiger partial charge in [0.25, 0.3) is 0 Å². The molecular formula is C17H11N3. The largest absolute Gasteiger partial charge is 0.354 e. The summed E-state index contributed by atoms with van der Waals surface area (Å²) in [5.41, 5.74) is 4.51. The molecule has 3 heteroatoms. The van der Waals surface area contributed by atoms with Crippen LogP contribution < -0.4 is 0 Å². The Morgan fingerprint density at radius 1 is 0.900 bits per heavy atom. The lowest BCUT2D eigenvalue weighted by molar-refractivity contribution is 1.27. The van der Waals surface area contributed by atoms with Crippen molar-refractivity contribution in [2.75, 3.05) is 0 Å². The summed E-state index contributed by atoms with van der Waals surface area (Å²) in [6, 6.07) is 16.8. The molecule has 0 aliphatic heterocycles. The zero-order valence-electron chi connectivity index (χ0n) is 10.7. The van der Waals surface area contributed by atoms with Gasteiger partial charge >= 0.3 is 0 Å². The Kier molecular flexibility index (Phi) is 1.70. The number of nitrogens with one attached hydrogen (secondary N) is 1. The number of pyridine rings is 1. The van der Waals surface area contributed by atoms with Crippen LogP contribution >= 0.6 is 0 Å². The van der Waals surface area contributed by atoms with Crippen LogP contribution in [0.1, 0.15) is 0 Å². The van der Waals surface area contributed by atoms with E-state index < -0.39 is 0 Å². The molecular weight excluding hydrogens is 246 g/mol. The highest BCUT2D eigenvalue weighted by molar-refractivity contribution is 6.21. The third kappa shape index (κ3) is 1.08. The van der Waals surface area contributed by atoms with E-state index >= 15 is 0 Å². The first-order valence-corrected chi connectivity index (χ1v) is 6.68. The van der Waals surface area contributed by atoms with Crippen LogP contribution in [0.5, 0.6) is 0 Å². The lowest BCUT2D eigenvalue weighted by Gasteiger charge is -2.04. The van der Waals surface area contributed by atoms with Gasteiger partial charge in [0.05, 0.1) is 16.4 Å². The van der Waals surface area contributed by atoms with Crippen LogP contribution in [-0.2, 0) is 0 Å². The van der Waals surface area contributed by atoms with Crippen molar-refractivity contribution in [2.45, 2.75) is 0 Å². The Hall–Kier alpha value is -2.81. The molecule has 0 aliphatic carbocycles. The summed E-state index contributed by atoms with van der Waals surface area (Å²) in [4.78, 5) is 8.11. The van der Waals surface area contributed by atoms with Crippen molar-refractivity contribution in [3.05, 3.63) is 60.9 Å². The van der Waals surface area contributed by atoms with E-state index in [0.717, 1.165) is 11.2 Å². The molecule has 0 amide bonds. The Morgan fingerprint density at radius 3 is 2.65 bits per heavy atom.